The molecule has 4 nitrogen and oxygen atoms in total. The number of aliphatic hydroxyl groups excluding tert-OH is 1. The normalized spacial score (nSPS) is 13.0. The van der Waals surface area contributed by atoms with Crippen molar-refractivity contribution in [2.45, 2.75) is 45.8 Å². The first kappa shape index (κ1) is 12.2. The second kappa shape index (κ2) is 6.58. The van der Waals surface area contributed by atoms with E-state index in [2.05, 4.69) is 28.7 Å². The molecule has 15 heavy (non-hydrogen) atoms. The van der Waals surface area contributed by atoms with Gasteiger partial charge in [0.05, 0.1) is 18.6 Å². The fraction of sp³-hybridized carbons (Fsp3) is 0.727. The first-order valence-electron chi connectivity index (χ1n) is 5.65. The van der Waals surface area contributed by atoms with E-state index >= 15 is 0 Å². The van der Waals surface area contributed by atoms with Gasteiger partial charge in [0.15, 0.2) is 0 Å². The molecule has 1 atom stereocenters. The minimum atomic E-state index is 0.190. The lowest BCUT2D eigenvalue weighted by atomic mass is 10.2. The van der Waals surface area contributed by atoms with Gasteiger partial charge in [-0.3, -0.25) is 0 Å². The highest BCUT2D eigenvalue weighted by atomic mass is 16.3. The zero-order valence-electron chi connectivity index (χ0n) is 9.61. The van der Waals surface area contributed by atoms with Crippen LogP contribution in [0.1, 0.15) is 32.4 Å². The Balaban J connectivity index is 2.45. The van der Waals surface area contributed by atoms with Gasteiger partial charge in [-0.15, -0.1) is 0 Å². The number of imidazole rings is 1. The van der Waals surface area contributed by atoms with Crippen molar-refractivity contribution in [2.75, 3.05) is 6.61 Å². The molecule has 0 radical (unpaired) electrons. The van der Waals surface area contributed by atoms with Crippen LogP contribution in [-0.4, -0.2) is 27.3 Å². The average molecular weight is 211 g/mol. The highest BCUT2D eigenvalue weighted by molar-refractivity contribution is 4.98. The molecule has 0 aliphatic rings. The fourth-order valence-electron chi connectivity index (χ4n) is 1.52. The van der Waals surface area contributed by atoms with Gasteiger partial charge in [-0.2, -0.15) is 0 Å². The Kier molecular flexibility index (Phi) is 5.36. The number of nitrogens with one attached hydrogen (secondary N) is 1. The van der Waals surface area contributed by atoms with Gasteiger partial charge in [0.1, 0.15) is 0 Å². The summed E-state index contributed by atoms with van der Waals surface area (Å²) >= 11 is 0. The summed E-state index contributed by atoms with van der Waals surface area (Å²) < 4.78 is 2.15. The summed E-state index contributed by atoms with van der Waals surface area (Å²) in [6, 6.07) is 0.190. The topological polar surface area (TPSA) is 50.1 Å². The number of hydrogen-bond acceptors (Lipinski definition) is 3. The molecule has 1 aromatic heterocycles. The number of nitrogens with zero attached hydrogens (tertiary/aromatic N) is 2. The number of aliphatic hydroxyl groups is 1. The van der Waals surface area contributed by atoms with Gasteiger partial charge < -0.3 is 15.0 Å². The van der Waals surface area contributed by atoms with Gasteiger partial charge in [0.2, 0.25) is 0 Å². The van der Waals surface area contributed by atoms with E-state index in [1.54, 1.807) is 0 Å². The summed E-state index contributed by atoms with van der Waals surface area (Å²) in [6.45, 7) is 6.20. The number of aryl methyl sites for hydroxylation is 1. The summed E-state index contributed by atoms with van der Waals surface area (Å²) in [6.07, 6.45) is 5.80. The molecule has 4 heteroatoms. The largest absolute Gasteiger partial charge is 0.395 e. The molecule has 0 fully saturated rings. The molecule has 1 heterocycles. The van der Waals surface area contributed by atoms with Gasteiger partial charge in [-0.1, -0.05) is 13.8 Å². The third kappa shape index (κ3) is 3.64. The molecule has 1 aromatic rings. The molecule has 0 aliphatic carbocycles. The van der Waals surface area contributed by atoms with Gasteiger partial charge in [0.25, 0.3) is 0 Å². The maximum atomic E-state index is 9.04. The van der Waals surface area contributed by atoms with E-state index in [0.717, 1.165) is 25.9 Å². The Morgan fingerprint density at radius 1 is 1.53 bits per heavy atom. The molecule has 0 saturated heterocycles. The van der Waals surface area contributed by atoms with Crippen LogP contribution in [0.2, 0.25) is 0 Å². The lowest BCUT2D eigenvalue weighted by Gasteiger charge is -2.14. The van der Waals surface area contributed by atoms with Crippen LogP contribution in [0, 0.1) is 0 Å². The monoisotopic (exact) mass is 211 g/mol. The van der Waals surface area contributed by atoms with Crippen LogP contribution in [0.25, 0.3) is 0 Å². The summed E-state index contributed by atoms with van der Waals surface area (Å²) in [5.74, 6) is 0. The van der Waals surface area contributed by atoms with Gasteiger partial charge in [-0.05, 0) is 12.8 Å². The molecule has 0 aromatic carbocycles. The zero-order valence-corrected chi connectivity index (χ0v) is 9.61. The van der Waals surface area contributed by atoms with Crippen molar-refractivity contribution in [2.24, 2.45) is 0 Å². The minimum absolute atomic E-state index is 0.190. The van der Waals surface area contributed by atoms with E-state index in [1.807, 2.05) is 12.5 Å². The Morgan fingerprint density at radius 2 is 2.33 bits per heavy atom. The van der Waals surface area contributed by atoms with E-state index in [-0.39, 0.29) is 12.6 Å². The lowest BCUT2D eigenvalue weighted by molar-refractivity contribution is 0.237. The Morgan fingerprint density at radius 3 is 2.93 bits per heavy atom. The van der Waals surface area contributed by atoms with E-state index < -0.39 is 0 Å². The van der Waals surface area contributed by atoms with Crippen molar-refractivity contribution >= 4 is 0 Å². The van der Waals surface area contributed by atoms with Crippen molar-refractivity contribution in [3.63, 3.8) is 0 Å². The standard InChI is InChI=1S/C11H21N3O/c1-3-5-14-9-12-6-11(14)7-13-10(4-2)8-15/h6,9-10,13,15H,3-5,7-8H2,1-2H3. The van der Waals surface area contributed by atoms with Crippen LogP contribution in [0.4, 0.5) is 0 Å². The maximum absolute atomic E-state index is 9.04. The molecule has 1 rings (SSSR count). The van der Waals surface area contributed by atoms with E-state index in [0.29, 0.717) is 0 Å². The SMILES string of the molecule is CCCn1cncc1CNC(CC)CO. The van der Waals surface area contributed by atoms with E-state index in [4.69, 9.17) is 5.11 Å². The summed E-state index contributed by atoms with van der Waals surface area (Å²) in [4.78, 5) is 4.13. The zero-order chi connectivity index (χ0) is 11.1. The van der Waals surface area contributed by atoms with Crippen molar-refractivity contribution in [1.82, 2.24) is 14.9 Å². The first-order chi connectivity index (χ1) is 7.31. The Labute approximate surface area is 91.3 Å². The molecule has 0 spiro atoms. The molecule has 2 N–H and O–H groups in total. The number of aromatic nitrogens is 2. The van der Waals surface area contributed by atoms with E-state index in [9.17, 15) is 0 Å². The highest BCUT2D eigenvalue weighted by Gasteiger charge is 2.05. The molecule has 0 aliphatic heterocycles. The number of rotatable bonds is 7. The average Bonchev–Trinajstić information content (AvgIpc) is 2.68. The van der Waals surface area contributed by atoms with Crippen LogP contribution in [0.3, 0.4) is 0 Å². The van der Waals surface area contributed by atoms with Crippen molar-refractivity contribution < 1.29 is 5.11 Å². The lowest BCUT2D eigenvalue weighted by Crippen LogP contribution is -2.31. The molecular formula is C11H21N3O. The van der Waals surface area contributed by atoms with Crippen molar-refractivity contribution in [3.05, 3.63) is 18.2 Å². The molecule has 0 amide bonds. The van der Waals surface area contributed by atoms with Crippen LogP contribution < -0.4 is 5.32 Å². The van der Waals surface area contributed by atoms with Gasteiger partial charge in [0, 0.05) is 25.3 Å². The predicted octanol–water partition coefficient (Wildman–Crippen LogP) is 1.15. The minimum Gasteiger partial charge on any atom is -0.395 e. The molecule has 86 valence electrons. The second-order valence-corrected chi connectivity index (χ2v) is 3.75. The van der Waals surface area contributed by atoms with Crippen LogP contribution in [0.15, 0.2) is 12.5 Å². The quantitative estimate of drug-likeness (QED) is 0.711. The van der Waals surface area contributed by atoms with Gasteiger partial charge >= 0.3 is 0 Å². The molecule has 0 saturated carbocycles. The smallest absolute Gasteiger partial charge is 0.0948 e. The van der Waals surface area contributed by atoms with Crippen LogP contribution in [0.5, 0.6) is 0 Å². The first-order valence-corrected chi connectivity index (χ1v) is 5.65. The Bertz CT molecular complexity index is 269. The Hall–Kier alpha value is -0.870. The van der Waals surface area contributed by atoms with Crippen molar-refractivity contribution in [1.29, 1.82) is 0 Å². The third-order valence-electron chi connectivity index (χ3n) is 2.55. The fourth-order valence-corrected chi connectivity index (χ4v) is 1.52. The maximum Gasteiger partial charge on any atom is 0.0948 e. The molecule has 0 bridgehead atoms. The van der Waals surface area contributed by atoms with Gasteiger partial charge in [-0.25, -0.2) is 4.98 Å². The molecule has 1 unspecified atom stereocenters. The summed E-state index contributed by atoms with van der Waals surface area (Å²) in [5, 5.41) is 12.4. The molecular weight excluding hydrogens is 190 g/mol. The highest BCUT2D eigenvalue weighted by Crippen LogP contribution is 2.01. The predicted molar refractivity (Wildman–Crippen MR) is 60.5 cm³/mol. The van der Waals surface area contributed by atoms with E-state index in [1.165, 1.54) is 5.69 Å². The second-order valence-electron chi connectivity index (χ2n) is 3.75. The van der Waals surface area contributed by atoms with Crippen LogP contribution in [-0.2, 0) is 13.1 Å². The summed E-state index contributed by atoms with van der Waals surface area (Å²) in [7, 11) is 0. The number of hydrogen-bond donors (Lipinski definition) is 2. The van der Waals surface area contributed by atoms with Crippen LogP contribution >= 0.6 is 0 Å². The summed E-state index contributed by atoms with van der Waals surface area (Å²) in [5.41, 5.74) is 1.18. The third-order valence-corrected chi connectivity index (χ3v) is 2.55. The van der Waals surface area contributed by atoms with Crippen molar-refractivity contribution in [3.8, 4) is 0 Å².